The number of phenolic OH excluding ortho intramolecular Hbond substituents is 1. The Morgan fingerprint density at radius 3 is 2.39 bits per heavy atom. The van der Waals surface area contributed by atoms with Crippen molar-refractivity contribution in [2.45, 2.75) is 13.0 Å². The number of methoxy groups -OCH3 is 2. The Bertz CT molecular complexity index is 1140. The summed E-state index contributed by atoms with van der Waals surface area (Å²) in [5, 5.41) is 14.1. The highest BCUT2D eigenvalue weighted by molar-refractivity contribution is 7.16. The number of phenols is 1. The highest BCUT2D eigenvalue weighted by atomic mass is 32.1. The zero-order chi connectivity index (χ0) is 21.6. The largest absolute Gasteiger partial charge is 0.504 e. The molecule has 0 atom stereocenters. The van der Waals surface area contributed by atoms with Crippen molar-refractivity contribution in [2.75, 3.05) is 19.5 Å². The molecule has 6 heteroatoms. The molecule has 4 aromatic rings. The van der Waals surface area contributed by atoms with Crippen molar-refractivity contribution in [3.05, 3.63) is 88.8 Å². The van der Waals surface area contributed by atoms with E-state index in [2.05, 4.69) is 29.6 Å². The fourth-order valence-corrected chi connectivity index (χ4v) is 4.33. The highest BCUT2D eigenvalue weighted by Crippen LogP contribution is 2.34. The number of anilines is 1. The van der Waals surface area contributed by atoms with Crippen LogP contribution in [0.1, 0.15) is 16.0 Å². The molecule has 31 heavy (non-hydrogen) atoms. The molecule has 3 aromatic carbocycles. The van der Waals surface area contributed by atoms with Gasteiger partial charge in [-0.3, -0.25) is 0 Å². The molecule has 0 aliphatic heterocycles. The van der Waals surface area contributed by atoms with Crippen LogP contribution in [-0.2, 0) is 13.0 Å². The molecule has 1 aromatic heterocycles. The van der Waals surface area contributed by atoms with E-state index in [0.717, 1.165) is 34.1 Å². The van der Waals surface area contributed by atoms with Gasteiger partial charge in [0.25, 0.3) is 0 Å². The zero-order valence-corrected chi connectivity index (χ0v) is 18.3. The van der Waals surface area contributed by atoms with Gasteiger partial charge in [-0.2, -0.15) is 0 Å². The Morgan fingerprint density at radius 2 is 1.68 bits per heavy atom. The van der Waals surface area contributed by atoms with Crippen LogP contribution in [0, 0.1) is 0 Å². The van der Waals surface area contributed by atoms with Gasteiger partial charge in [0, 0.05) is 23.4 Å². The molecular weight excluding hydrogens is 408 g/mol. The van der Waals surface area contributed by atoms with Crippen molar-refractivity contribution in [3.8, 4) is 28.5 Å². The first kappa shape index (κ1) is 20.8. The molecule has 2 N–H and O–H groups in total. The van der Waals surface area contributed by atoms with Gasteiger partial charge in [-0.05, 0) is 47.5 Å². The normalized spacial score (nSPS) is 10.6. The Morgan fingerprint density at radius 1 is 0.903 bits per heavy atom. The number of ether oxygens (including phenoxy) is 2. The van der Waals surface area contributed by atoms with E-state index in [1.54, 1.807) is 31.6 Å². The molecule has 0 saturated heterocycles. The summed E-state index contributed by atoms with van der Waals surface area (Å²) in [5.41, 5.74) is 4.28. The van der Waals surface area contributed by atoms with Crippen LogP contribution < -0.4 is 14.8 Å². The van der Waals surface area contributed by atoms with E-state index < -0.39 is 0 Å². The number of aromatic hydroxyl groups is 1. The van der Waals surface area contributed by atoms with Crippen LogP contribution in [0.3, 0.4) is 0 Å². The first-order valence-electron chi connectivity index (χ1n) is 9.94. The van der Waals surface area contributed by atoms with Gasteiger partial charge < -0.3 is 19.9 Å². The summed E-state index contributed by atoms with van der Waals surface area (Å²) < 4.78 is 10.5. The second-order valence-electron chi connectivity index (χ2n) is 7.04. The van der Waals surface area contributed by atoms with E-state index in [-0.39, 0.29) is 5.75 Å². The second kappa shape index (κ2) is 9.53. The smallest absolute Gasteiger partial charge is 0.183 e. The number of nitrogens with zero attached hydrogens (tertiary/aromatic N) is 1. The number of benzene rings is 3. The monoisotopic (exact) mass is 432 g/mol. The lowest BCUT2D eigenvalue weighted by Gasteiger charge is -2.07. The molecule has 0 aliphatic rings. The average molecular weight is 433 g/mol. The van der Waals surface area contributed by atoms with Gasteiger partial charge in [0.2, 0.25) is 0 Å². The van der Waals surface area contributed by atoms with Gasteiger partial charge in [0.05, 0.1) is 19.9 Å². The minimum atomic E-state index is 0.132. The van der Waals surface area contributed by atoms with Gasteiger partial charge in [-0.15, -0.1) is 11.3 Å². The van der Waals surface area contributed by atoms with Crippen molar-refractivity contribution in [1.29, 1.82) is 0 Å². The van der Waals surface area contributed by atoms with Crippen LogP contribution in [-0.4, -0.2) is 24.3 Å². The van der Waals surface area contributed by atoms with Crippen LogP contribution in [0.5, 0.6) is 17.2 Å². The average Bonchev–Trinajstić information content (AvgIpc) is 3.21. The van der Waals surface area contributed by atoms with Crippen molar-refractivity contribution >= 4 is 16.5 Å². The molecular formula is C25H24N2O3S. The van der Waals surface area contributed by atoms with Crippen LogP contribution >= 0.6 is 11.3 Å². The zero-order valence-electron chi connectivity index (χ0n) is 17.5. The molecule has 0 amide bonds. The third-order valence-electron chi connectivity index (χ3n) is 4.96. The number of hydrogen-bond donors (Lipinski definition) is 2. The lowest BCUT2D eigenvalue weighted by atomic mass is 10.1. The van der Waals surface area contributed by atoms with Gasteiger partial charge in [0.1, 0.15) is 5.75 Å². The molecule has 0 aliphatic carbocycles. The van der Waals surface area contributed by atoms with Gasteiger partial charge >= 0.3 is 0 Å². The first-order chi connectivity index (χ1) is 15.2. The molecule has 0 bridgehead atoms. The van der Waals surface area contributed by atoms with Gasteiger partial charge in [-0.1, -0.05) is 36.4 Å². The van der Waals surface area contributed by atoms with Crippen molar-refractivity contribution in [2.24, 2.45) is 0 Å². The minimum Gasteiger partial charge on any atom is -0.504 e. The Balaban J connectivity index is 1.60. The second-order valence-corrected chi connectivity index (χ2v) is 8.13. The molecule has 0 saturated carbocycles. The maximum Gasteiger partial charge on any atom is 0.183 e. The number of rotatable bonds is 8. The summed E-state index contributed by atoms with van der Waals surface area (Å²) >= 11 is 1.66. The fraction of sp³-hybridized carbons (Fsp3) is 0.160. The molecule has 0 fully saturated rings. The summed E-state index contributed by atoms with van der Waals surface area (Å²) in [6, 6.07) is 23.7. The summed E-state index contributed by atoms with van der Waals surface area (Å²) in [6.07, 6.45) is 0.814. The quantitative estimate of drug-likeness (QED) is 0.372. The summed E-state index contributed by atoms with van der Waals surface area (Å²) in [7, 11) is 3.21. The van der Waals surface area contributed by atoms with Crippen molar-refractivity contribution < 1.29 is 14.6 Å². The third-order valence-corrected chi connectivity index (χ3v) is 5.97. The predicted octanol–water partition coefficient (Wildman–Crippen LogP) is 5.74. The van der Waals surface area contributed by atoms with E-state index in [1.807, 2.05) is 42.5 Å². The molecule has 0 unspecified atom stereocenters. The topological polar surface area (TPSA) is 63.6 Å². The SMILES string of the molecule is COc1ccc(-c2nc(NCc3ccc(O)c(OC)c3)sc2Cc2ccccc2)cc1. The van der Waals surface area contributed by atoms with Crippen LogP contribution in [0.25, 0.3) is 11.3 Å². The van der Waals surface area contributed by atoms with Crippen molar-refractivity contribution in [1.82, 2.24) is 4.98 Å². The molecule has 0 radical (unpaired) electrons. The summed E-state index contributed by atoms with van der Waals surface area (Å²) in [4.78, 5) is 6.09. The number of nitrogens with one attached hydrogen (secondary N) is 1. The fourth-order valence-electron chi connectivity index (χ4n) is 3.31. The molecule has 158 valence electrons. The van der Waals surface area contributed by atoms with Crippen LogP contribution in [0.4, 0.5) is 5.13 Å². The number of aromatic nitrogens is 1. The van der Waals surface area contributed by atoms with Crippen LogP contribution in [0.2, 0.25) is 0 Å². The first-order valence-corrected chi connectivity index (χ1v) is 10.8. The van der Waals surface area contributed by atoms with Crippen LogP contribution in [0.15, 0.2) is 72.8 Å². The number of hydrogen-bond acceptors (Lipinski definition) is 6. The molecule has 5 nitrogen and oxygen atoms in total. The predicted molar refractivity (Wildman–Crippen MR) is 125 cm³/mol. The minimum absolute atomic E-state index is 0.132. The maximum atomic E-state index is 9.80. The van der Waals surface area contributed by atoms with Gasteiger partial charge in [0.15, 0.2) is 16.6 Å². The Hall–Kier alpha value is -3.51. The van der Waals surface area contributed by atoms with E-state index in [0.29, 0.717) is 12.3 Å². The molecule has 0 spiro atoms. The van der Waals surface area contributed by atoms with E-state index in [4.69, 9.17) is 14.5 Å². The lowest BCUT2D eigenvalue weighted by molar-refractivity contribution is 0.373. The maximum absolute atomic E-state index is 9.80. The Labute approximate surface area is 185 Å². The highest BCUT2D eigenvalue weighted by Gasteiger charge is 2.14. The van der Waals surface area contributed by atoms with Crippen molar-refractivity contribution in [3.63, 3.8) is 0 Å². The summed E-state index contributed by atoms with van der Waals surface area (Å²) in [6.45, 7) is 0.580. The number of thiazole rings is 1. The summed E-state index contributed by atoms with van der Waals surface area (Å²) in [5.74, 6) is 1.41. The lowest BCUT2D eigenvalue weighted by Crippen LogP contribution is -1.99. The third kappa shape index (κ3) is 4.98. The van der Waals surface area contributed by atoms with E-state index >= 15 is 0 Å². The van der Waals surface area contributed by atoms with E-state index in [9.17, 15) is 5.11 Å². The molecule has 4 rings (SSSR count). The standard InChI is InChI=1S/C25H24N2O3S/c1-29-20-11-9-19(10-12-20)24-23(15-17-6-4-3-5-7-17)31-25(27-24)26-16-18-8-13-21(28)22(14-18)30-2/h3-14,28H,15-16H2,1-2H3,(H,26,27). The van der Waals surface area contributed by atoms with Gasteiger partial charge in [-0.25, -0.2) is 4.98 Å². The van der Waals surface area contributed by atoms with E-state index in [1.165, 1.54) is 10.4 Å². The molecule has 1 heterocycles. The Kier molecular flexibility index (Phi) is 6.38.